The Balaban J connectivity index is 2.19. The van der Waals surface area contributed by atoms with E-state index < -0.39 is 10.8 Å². The Morgan fingerprint density at radius 2 is 2.00 bits per heavy atom. The Bertz CT molecular complexity index is 178. The molecule has 0 aromatic carbocycles. The first kappa shape index (κ1) is 12.1. The normalized spacial score (nSPS) is 23.3. The summed E-state index contributed by atoms with van der Waals surface area (Å²) in [5.74, 6) is 0.319. The van der Waals surface area contributed by atoms with Crippen LogP contribution in [0.4, 0.5) is 0 Å². The smallest absolute Gasteiger partial charge is 0.155 e. The van der Waals surface area contributed by atoms with Crippen LogP contribution in [0, 0.1) is 0 Å². The lowest BCUT2D eigenvalue weighted by molar-refractivity contribution is -0.0946. The molecule has 1 saturated carbocycles. The molecule has 1 fully saturated rings. The fraction of sp³-hybridized carbons (Fsp3) is 1.00. The third-order valence-corrected chi connectivity index (χ3v) is 4.26. The van der Waals surface area contributed by atoms with Crippen molar-refractivity contribution in [3.05, 3.63) is 0 Å². The summed E-state index contributed by atoms with van der Waals surface area (Å²) in [6, 6.07) is 0. The van der Waals surface area contributed by atoms with E-state index in [-0.39, 0.29) is 6.29 Å². The summed E-state index contributed by atoms with van der Waals surface area (Å²) in [6.07, 6.45) is 5.67. The van der Waals surface area contributed by atoms with Gasteiger partial charge in [0.05, 0.1) is 10.8 Å². The Morgan fingerprint density at radius 1 is 1.36 bits per heavy atom. The van der Waals surface area contributed by atoms with Crippen molar-refractivity contribution in [3.8, 4) is 0 Å². The van der Waals surface area contributed by atoms with E-state index in [4.69, 9.17) is 9.47 Å². The third-order valence-electron chi connectivity index (χ3n) is 2.67. The highest BCUT2D eigenvalue weighted by Crippen LogP contribution is 2.22. The zero-order chi connectivity index (χ0) is 10.4. The highest BCUT2D eigenvalue weighted by Gasteiger charge is 2.20. The molecule has 0 aliphatic heterocycles. The molecule has 0 saturated heterocycles. The fourth-order valence-corrected chi connectivity index (χ4v) is 3.03. The molecule has 14 heavy (non-hydrogen) atoms. The minimum Gasteiger partial charge on any atom is -0.356 e. The zero-order valence-corrected chi connectivity index (χ0v) is 9.85. The van der Waals surface area contributed by atoms with Crippen molar-refractivity contribution in [1.82, 2.24) is 0 Å². The van der Waals surface area contributed by atoms with Crippen molar-refractivity contribution >= 4 is 10.8 Å². The van der Waals surface area contributed by atoms with E-state index in [1.54, 1.807) is 7.11 Å². The van der Waals surface area contributed by atoms with E-state index in [0.717, 1.165) is 12.8 Å². The summed E-state index contributed by atoms with van der Waals surface area (Å²) >= 11 is 0. The first-order valence-electron chi connectivity index (χ1n) is 5.25. The average molecular weight is 220 g/mol. The van der Waals surface area contributed by atoms with Crippen LogP contribution < -0.4 is 0 Å². The molecule has 2 atom stereocenters. The van der Waals surface area contributed by atoms with Crippen LogP contribution in [-0.2, 0) is 20.3 Å². The maximum Gasteiger partial charge on any atom is 0.155 e. The maximum atomic E-state index is 11.7. The van der Waals surface area contributed by atoms with Crippen molar-refractivity contribution in [2.45, 2.75) is 50.6 Å². The summed E-state index contributed by atoms with van der Waals surface area (Å²) in [5.41, 5.74) is 0. The van der Waals surface area contributed by atoms with Crippen molar-refractivity contribution < 1.29 is 13.7 Å². The lowest BCUT2D eigenvalue weighted by atomic mass is 10.0. The number of rotatable bonds is 5. The number of hydrogen-bond acceptors (Lipinski definition) is 3. The van der Waals surface area contributed by atoms with Gasteiger partial charge in [-0.2, -0.15) is 0 Å². The van der Waals surface area contributed by atoms with Crippen LogP contribution in [-0.4, -0.2) is 28.8 Å². The van der Waals surface area contributed by atoms with Crippen molar-refractivity contribution in [2.24, 2.45) is 0 Å². The van der Waals surface area contributed by atoms with Crippen molar-refractivity contribution in [1.29, 1.82) is 0 Å². The van der Waals surface area contributed by atoms with Crippen LogP contribution in [0.3, 0.4) is 0 Å². The first-order valence-corrected chi connectivity index (χ1v) is 6.64. The van der Waals surface area contributed by atoms with Gasteiger partial charge < -0.3 is 9.47 Å². The Morgan fingerprint density at radius 3 is 2.57 bits per heavy atom. The fourth-order valence-electron chi connectivity index (χ4n) is 1.66. The Labute approximate surface area is 88.6 Å². The van der Waals surface area contributed by atoms with Crippen LogP contribution in [0.5, 0.6) is 0 Å². The predicted octanol–water partition coefficient (Wildman–Crippen LogP) is 2.03. The highest BCUT2D eigenvalue weighted by molar-refractivity contribution is 7.85. The second-order valence-corrected chi connectivity index (χ2v) is 5.39. The van der Waals surface area contributed by atoms with E-state index in [1.165, 1.54) is 19.3 Å². The molecule has 0 spiro atoms. The Hall–Kier alpha value is 0.0700. The molecule has 84 valence electrons. The molecular weight excluding hydrogens is 200 g/mol. The van der Waals surface area contributed by atoms with Crippen LogP contribution in [0.25, 0.3) is 0 Å². The largest absolute Gasteiger partial charge is 0.356 e. The molecular formula is C10H20O3S. The van der Waals surface area contributed by atoms with E-state index in [9.17, 15) is 4.21 Å². The van der Waals surface area contributed by atoms with Gasteiger partial charge in [0.25, 0.3) is 0 Å². The first-order chi connectivity index (χ1) is 6.74. The van der Waals surface area contributed by atoms with E-state index >= 15 is 0 Å². The summed E-state index contributed by atoms with van der Waals surface area (Å²) in [7, 11) is 0.761. The minimum atomic E-state index is -0.831. The van der Waals surface area contributed by atoms with Crippen LogP contribution in [0.1, 0.15) is 39.0 Å². The van der Waals surface area contributed by atoms with Gasteiger partial charge in [0.2, 0.25) is 0 Å². The van der Waals surface area contributed by atoms with Crippen molar-refractivity contribution in [3.63, 3.8) is 0 Å². The molecule has 1 rings (SSSR count). The van der Waals surface area contributed by atoms with Gasteiger partial charge in [0, 0.05) is 12.4 Å². The summed E-state index contributed by atoms with van der Waals surface area (Å²) in [4.78, 5) is 0. The van der Waals surface area contributed by atoms with Gasteiger partial charge in [-0.05, 0) is 19.8 Å². The predicted molar refractivity (Wildman–Crippen MR) is 57.4 cm³/mol. The van der Waals surface area contributed by atoms with Gasteiger partial charge in [-0.15, -0.1) is 0 Å². The molecule has 0 bridgehead atoms. The molecule has 3 nitrogen and oxygen atoms in total. The zero-order valence-electron chi connectivity index (χ0n) is 9.03. The third kappa shape index (κ3) is 4.07. The van der Waals surface area contributed by atoms with Gasteiger partial charge in [-0.1, -0.05) is 19.3 Å². The lowest BCUT2D eigenvalue weighted by Crippen LogP contribution is -2.24. The van der Waals surface area contributed by atoms with Gasteiger partial charge in [0.1, 0.15) is 5.94 Å². The maximum absolute atomic E-state index is 11.7. The monoisotopic (exact) mass is 220 g/mol. The second kappa shape index (κ2) is 6.53. The highest BCUT2D eigenvalue weighted by atomic mass is 32.2. The van der Waals surface area contributed by atoms with E-state index in [0.29, 0.717) is 11.2 Å². The second-order valence-electron chi connectivity index (χ2n) is 3.73. The topological polar surface area (TPSA) is 35.5 Å². The summed E-state index contributed by atoms with van der Waals surface area (Å²) in [5, 5.41) is 0.354. The van der Waals surface area contributed by atoms with Crippen LogP contribution in [0.2, 0.25) is 0 Å². The molecule has 0 N–H and O–H groups in total. The molecule has 1 aliphatic rings. The summed E-state index contributed by atoms with van der Waals surface area (Å²) in [6.45, 7) is 1.82. The molecule has 1 aliphatic carbocycles. The summed E-state index contributed by atoms with van der Waals surface area (Å²) < 4.78 is 22.0. The van der Waals surface area contributed by atoms with E-state index in [1.807, 2.05) is 6.92 Å². The molecule has 0 heterocycles. The quantitative estimate of drug-likeness (QED) is 0.665. The van der Waals surface area contributed by atoms with Crippen molar-refractivity contribution in [2.75, 3.05) is 13.0 Å². The molecule has 0 aromatic rings. The standard InChI is InChI=1S/C10H20O3S/c1-9(12-2)13-8-14(11)10-6-4-3-5-7-10/h9-10H,3-8H2,1-2H3. The van der Waals surface area contributed by atoms with Crippen LogP contribution >= 0.6 is 0 Å². The van der Waals surface area contributed by atoms with Gasteiger partial charge in [0.15, 0.2) is 6.29 Å². The molecule has 0 amide bonds. The molecule has 0 aromatic heterocycles. The van der Waals surface area contributed by atoms with E-state index in [2.05, 4.69) is 0 Å². The molecule has 0 radical (unpaired) electrons. The number of ether oxygens (including phenoxy) is 2. The number of hydrogen-bond donors (Lipinski definition) is 0. The lowest BCUT2D eigenvalue weighted by Gasteiger charge is -2.21. The van der Waals surface area contributed by atoms with Gasteiger partial charge in [-0.3, -0.25) is 4.21 Å². The van der Waals surface area contributed by atoms with Crippen LogP contribution in [0.15, 0.2) is 0 Å². The molecule has 4 heteroatoms. The molecule has 2 unspecified atom stereocenters. The SMILES string of the molecule is COC(C)OCS(=O)C1CCCCC1. The Kier molecular flexibility index (Phi) is 5.67. The number of methoxy groups -OCH3 is 1. The van der Waals surface area contributed by atoms with Gasteiger partial charge >= 0.3 is 0 Å². The minimum absolute atomic E-state index is 0.248. The van der Waals surface area contributed by atoms with Gasteiger partial charge in [-0.25, -0.2) is 0 Å². The average Bonchev–Trinajstić information content (AvgIpc) is 2.26.